The summed E-state index contributed by atoms with van der Waals surface area (Å²) in [6.45, 7) is 3.52. The molecule has 0 aliphatic carbocycles. The number of hydrogen-bond donors (Lipinski definition) is 1. The van der Waals surface area contributed by atoms with Crippen LogP contribution in [0.1, 0.15) is 18.5 Å². The molecule has 1 aromatic rings. The highest BCUT2D eigenvalue weighted by Gasteiger charge is 2.27. The Kier molecular flexibility index (Phi) is 4.55. The fraction of sp³-hybridized carbons (Fsp3) is 0.692. The molecule has 1 N–H and O–H groups in total. The predicted octanol–water partition coefficient (Wildman–Crippen LogP) is 1.33. The van der Waals surface area contributed by atoms with Gasteiger partial charge in [0.05, 0.1) is 11.9 Å². The minimum absolute atomic E-state index is 0.135. The maximum Gasteiger partial charge on any atom is 0.225 e. The third kappa shape index (κ3) is 3.13. The van der Waals surface area contributed by atoms with Crippen molar-refractivity contribution in [3.63, 3.8) is 0 Å². The second-order valence-corrected chi connectivity index (χ2v) is 4.80. The zero-order chi connectivity index (χ0) is 13.8. The third-order valence-corrected chi connectivity index (χ3v) is 3.61. The van der Waals surface area contributed by atoms with E-state index in [0.717, 1.165) is 25.9 Å². The smallest absolute Gasteiger partial charge is 0.225 e. The zero-order valence-corrected chi connectivity index (χ0v) is 11.7. The molecule has 19 heavy (non-hydrogen) atoms. The number of methoxy groups -OCH3 is 2. The van der Waals surface area contributed by atoms with Crippen LogP contribution in [0.25, 0.3) is 0 Å². The standard InChI is InChI=1S/C13H21N3O3/c1-9-11(17)8-14-13(15-9)16-6-4-10(5-7-16)12(18-2)19-3/h8,10,12,17H,4-7H2,1-3H3. The van der Waals surface area contributed by atoms with Crippen molar-refractivity contribution in [2.24, 2.45) is 5.92 Å². The minimum Gasteiger partial charge on any atom is -0.504 e. The monoisotopic (exact) mass is 267 g/mol. The molecular formula is C13H21N3O3. The van der Waals surface area contributed by atoms with Crippen molar-refractivity contribution in [1.82, 2.24) is 9.97 Å². The van der Waals surface area contributed by atoms with E-state index in [1.165, 1.54) is 6.20 Å². The molecule has 6 heteroatoms. The molecule has 0 radical (unpaired) electrons. The van der Waals surface area contributed by atoms with E-state index in [2.05, 4.69) is 14.9 Å². The summed E-state index contributed by atoms with van der Waals surface area (Å²) in [5, 5.41) is 9.44. The second-order valence-electron chi connectivity index (χ2n) is 4.80. The molecule has 1 saturated heterocycles. The maximum atomic E-state index is 9.44. The molecule has 0 aromatic carbocycles. The molecule has 1 aromatic heterocycles. The molecule has 1 fully saturated rings. The van der Waals surface area contributed by atoms with Crippen LogP contribution in [0, 0.1) is 12.8 Å². The summed E-state index contributed by atoms with van der Waals surface area (Å²) in [5.41, 5.74) is 0.610. The average Bonchev–Trinajstić information content (AvgIpc) is 2.44. The highest BCUT2D eigenvalue weighted by atomic mass is 16.7. The average molecular weight is 267 g/mol. The fourth-order valence-corrected chi connectivity index (χ4v) is 2.45. The Balaban J connectivity index is 1.97. The predicted molar refractivity (Wildman–Crippen MR) is 71.2 cm³/mol. The van der Waals surface area contributed by atoms with Gasteiger partial charge in [0.15, 0.2) is 12.0 Å². The Morgan fingerprint density at radius 1 is 1.32 bits per heavy atom. The van der Waals surface area contributed by atoms with Gasteiger partial charge in [-0.2, -0.15) is 0 Å². The number of nitrogens with zero attached hydrogens (tertiary/aromatic N) is 3. The lowest BCUT2D eigenvalue weighted by Crippen LogP contribution is -2.39. The Morgan fingerprint density at radius 2 is 1.95 bits per heavy atom. The lowest BCUT2D eigenvalue weighted by Gasteiger charge is -2.34. The summed E-state index contributed by atoms with van der Waals surface area (Å²) in [4.78, 5) is 10.6. The van der Waals surface area contributed by atoms with Gasteiger partial charge in [0, 0.05) is 33.2 Å². The van der Waals surface area contributed by atoms with Gasteiger partial charge in [-0.15, -0.1) is 0 Å². The van der Waals surface area contributed by atoms with E-state index in [1.807, 2.05) is 0 Å². The zero-order valence-electron chi connectivity index (χ0n) is 11.7. The van der Waals surface area contributed by atoms with Crippen molar-refractivity contribution < 1.29 is 14.6 Å². The van der Waals surface area contributed by atoms with E-state index in [4.69, 9.17) is 9.47 Å². The first-order chi connectivity index (χ1) is 9.15. The van der Waals surface area contributed by atoms with Crippen LogP contribution >= 0.6 is 0 Å². The topological polar surface area (TPSA) is 67.7 Å². The van der Waals surface area contributed by atoms with Crippen molar-refractivity contribution >= 4 is 5.95 Å². The first-order valence-corrected chi connectivity index (χ1v) is 6.49. The van der Waals surface area contributed by atoms with Crippen LogP contribution < -0.4 is 4.90 Å². The molecule has 2 rings (SSSR count). The van der Waals surface area contributed by atoms with Crippen molar-refractivity contribution in [1.29, 1.82) is 0 Å². The third-order valence-electron chi connectivity index (χ3n) is 3.61. The second kappa shape index (κ2) is 6.16. The van der Waals surface area contributed by atoms with E-state index in [1.54, 1.807) is 21.1 Å². The van der Waals surface area contributed by atoms with Gasteiger partial charge in [0.2, 0.25) is 5.95 Å². The summed E-state index contributed by atoms with van der Waals surface area (Å²) >= 11 is 0. The van der Waals surface area contributed by atoms with Crippen molar-refractivity contribution in [3.8, 4) is 5.75 Å². The van der Waals surface area contributed by atoms with Crippen LogP contribution in [0.15, 0.2) is 6.20 Å². The SMILES string of the molecule is COC(OC)C1CCN(c2ncc(O)c(C)n2)CC1. The first kappa shape index (κ1) is 14.0. The van der Waals surface area contributed by atoms with Gasteiger partial charge in [-0.3, -0.25) is 0 Å². The Labute approximate surface area is 113 Å². The number of aromatic hydroxyl groups is 1. The summed E-state index contributed by atoms with van der Waals surface area (Å²) in [6, 6.07) is 0. The van der Waals surface area contributed by atoms with Crippen molar-refractivity contribution in [2.75, 3.05) is 32.2 Å². The molecule has 6 nitrogen and oxygen atoms in total. The van der Waals surface area contributed by atoms with E-state index in [-0.39, 0.29) is 12.0 Å². The number of piperidine rings is 1. The van der Waals surface area contributed by atoms with Crippen LogP contribution in [-0.2, 0) is 9.47 Å². The molecule has 0 saturated carbocycles. The van der Waals surface area contributed by atoms with Gasteiger partial charge in [-0.1, -0.05) is 0 Å². The molecule has 0 amide bonds. The van der Waals surface area contributed by atoms with Crippen molar-refractivity contribution in [3.05, 3.63) is 11.9 Å². The molecule has 0 unspecified atom stereocenters. The molecular weight excluding hydrogens is 246 g/mol. The van der Waals surface area contributed by atoms with Crippen LogP contribution in [-0.4, -0.2) is 48.7 Å². The minimum atomic E-state index is -0.135. The lowest BCUT2D eigenvalue weighted by atomic mass is 9.96. The van der Waals surface area contributed by atoms with Gasteiger partial charge in [-0.25, -0.2) is 9.97 Å². The Bertz CT molecular complexity index is 416. The van der Waals surface area contributed by atoms with Gasteiger partial charge >= 0.3 is 0 Å². The summed E-state index contributed by atoms with van der Waals surface area (Å²) in [7, 11) is 3.35. The number of aromatic nitrogens is 2. The first-order valence-electron chi connectivity index (χ1n) is 6.49. The van der Waals surface area contributed by atoms with E-state index < -0.39 is 0 Å². The van der Waals surface area contributed by atoms with Gasteiger partial charge < -0.3 is 19.5 Å². The largest absolute Gasteiger partial charge is 0.504 e. The summed E-state index contributed by atoms with van der Waals surface area (Å²) in [6.07, 6.45) is 3.28. The normalized spacial score (nSPS) is 17.2. The van der Waals surface area contributed by atoms with Gasteiger partial charge in [0.1, 0.15) is 0 Å². The van der Waals surface area contributed by atoms with Crippen LogP contribution in [0.5, 0.6) is 5.75 Å². The van der Waals surface area contributed by atoms with Crippen LogP contribution in [0.4, 0.5) is 5.95 Å². The molecule has 0 atom stereocenters. The van der Waals surface area contributed by atoms with Crippen molar-refractivity contribution in [2.45, 2.75) is 26.1 Å². The molecule has 0 spiro atoms. The molecule has 106 valence electrons. The van der Waals surface area contributed by atoms with Gasteiger partial charge in [-0.05, 0) is 19.8 Å². The van der Waals surface area contributed by atoms with E-state index in [0.29, 0.717) is 17.6 Å². The van der Waals surface area contributed by atoms with E-state index in [9.17, 15) is 5.11 Å². The maximum absolute atomic E-state index is 9.44. The highest BCUT2D eigenvalue weighted by Crippen LogP contribution is 2.25. The van der Waals surface area contributed by atoms with E-state index >= 15 is 0 Å². The molecule has 1 aliphatic heterocycles. The number of anilines is 1. The van der Waals surface area contributed by atoms with Gasteiger partial charge in [0.25, 0.3) is 0 Å². The quantitative estimate of drug-likeness (QED) is 0.830. The lowest BCUT2D eigenvalue weighted by molar-refractivity contribution is -0.141. The Hall–Kier alpha value is -1.40. The number of hydrogen-bond acceptors (Lipinski definition) is 6. The van der Waals surface area contributed by atoms with Crippen LogP contribution in [0.2, 0.25) is 0 Å². The number of ether oxygens (including phenoxy) is 2. The fourth-order valence-electron chi connectivity index (χ4n) is 2.45. The van der Waals surface area contributed by atoms with Crippen LogP contribution in [0.3, 0.4) is 0 Å². The number of rotatable bonds is 4. The highest BCUT2D eigenvalue weighted by molar-refractivity contribution is 5.35. The molecule has 2 heterocycles. The summed E-state index contributed by atoms with van der Waals surface area (Å²) < 4.78 is 10.6. The molecule has 0 bridgehead atoms. The Morgan fingerprint density at radius 3 is 2.47 bits per heavy atom. The molecule has 1 aliphatic rings. The number of aryl methyl sites for hydroxylation is 1. The summed E-state index contributed by atoms with van der Waals surface area (Å²) in [5.74, 6) is 1.22.